The number of rotatable bonds is 8. The smallest absolute Gasteiger partial charge is 0.416 e. The van der Waals surface area contributed by atoms with Gasteiger partial charge in [-0.25, -0.2) is 0 Å². The summed E-state index contributed by atoms with van der Waals surface area (Å²) in [6.45, 7) is 4.39. The van der Waals surface area contributed by atoms with Gasteiger partial charge in [-0.2, -0.15) is 13.2 Å². The fourth-order valence-corrected chi connectivity index (χ4v) is 2.75. The SMILES string of the molecule is COCCOc1ccc(C(F)(F)F)cc1NC(=O)CCc1ccc(C)cc1C. The second kappa shape index (κ2) is 9.59. The predicted octanol–water partition coefficient (Wildman–Crippen LogP) is 4.92. The normalized spacial score (nSPS) is 11.4. The highest BCUT2D eigenvalue weighted by atomic mass is 19.4. The number of anilines is 1. The Morgan fingerprint density at radius 1 is 1.07 bits per heavy atom. The molecule has 1 N–H and O–H groups in total. The molecule has 0 aliphatic heterocycles. The summed E-state index contributed by atoms with van der Waals surface area (Å²) in [5.41, 5.74) is 2.39. The molecule has 0 heterocycles. The van der Waals surface area contributed by atoms with Crippen LogP contribution in [0.25, 0.3) is 0 Å². The molecule has 0 fully saturated rings. The minimum Gasteiger partial charge on any atom is -0.489 e. The summed E-state index contributed by atoms with van der Waals surface area (Å²) in [5.74, 6) is -0.208. The molecule has 0 spiro atoms. The van der Waals surface area contributed by atoms with Crippen molar-refractivity contribution in [1.29, 1.82) is 0 Å². The number of carbonyl (C=O) groups is 1. The molecule has 0 unspecified atom stereocenters. The van der Waals surface area contributed by atoms with E-state index in [4.69, 9.17) is 9.47 Å². The summed E-state index contributed by atoms with van der Waals surface area (Å²) in [5, 5.41) is 2.55. The van der Waals surface area contributed by atoms with Crippen molar-refractivity contribution in [1.82, 2.24) is 0 Å². The zero-order valence-electron chi connectivity index (χ0n) is 16.2. The number of hydrogen-bond acceptors (Lipinski definition) is 3. The maximum Gasteiger partial charge on any atom is 0.416 e. The van der Waals surface area contributed by atoms with Crippen LogP contribution in [0.3, 0.4) is 0 Å². The second-order valence-corrected chi connectivity index (χ2v) is 6.53. The number of nitrogens with one attached hydrogen (secondary N) is 1. The first-order valence-corrected chi connectivity index (χ1v) is 8.89. The summed E-state index contributed by atoms with van der Waals surface area (Å²) in [7, 11) is 1.49. The van der Waals surface area contributed by atoms with E-state index < -0.39 is 11.7 Å². The van der Waals surface area contributed by atoms with Gasteiger partial charge in [0.25, 0.3) is 0 Å². The lowest BCUT2D eigenvalue weighted by Gasteiger charge is -2.15. The van der Waals surface area contributed by atoms with Crippen LogP contribution in [-0.4, -0.2) is 26.2 Å². The second-order valence-electron chi connectivity index (χ2n) is 6.53. The third kappa shape index (κ3) is 6.27. The third-order valence-corrected chi connectivity index (χ3v) is 4.25. The van der Waals surface area contributed by atoms with E-state index in [1.165, 1.54) is 13.2 Å². The Kier molecular flexibility index (Phi) is 7.45. The Bertz CT molecular complexity index is 819. The van der Waals surface area contributed by atoms with E-state index >= 15 is 0 Å². The standard InChI is InChI=1S/C21H24F3NO3/c1-14-4-5-16(15(2)12-14)6-9-20(26)25-18-13-17(21(22,23)24)7-8-19(18)28-11-10-27-3/h4-5,7-8,12-13H,6,9-11H2,1-3H3,(H,25,26). The van der Waals surface area contributed by atoms with E-state index in [0.717, 1.165) is 28.8 Å². The number of methoxy groups -OCH3 is 1. The molecule has 4 nitrogen and oxygen atoms in total. The first-order valence-electron chi connectivity index (χ1n) is 8.89. The minimum absolute atomic E-state index is 0.00319. The van der Waals surface area contributed by atoms with Gasteiger partial charge in [-0.1, -0.05) is 23.8 Å². The van der Waals surface area contributed by atoms with Gasteiger partial charge in [0.2, 0.25) is 5.91 Å². The van der Waals surface area contributed by atoms with Crippen LogP contribution in [0.5, 0.6) is 5.75 Å². The first kappa shape index (κ1) is 21.8. The fourth-order valence-electron chi connectivity index (χ4n) is 2.75. The van der Waals surface area contributed by atoms with Crippen molar-refractivity contribution in [2.75, 3.05) is 25.6 Å². The first-order chi connectivity index (χ1) is 13.2. The Morgan fingerprint density at radius 3 is 2.46 bits per heavy atom. The van der Waals surface area contributed by atoms with Gasteiger partial charge in [0.15, 0.2) is 0 Å². The van der Waals surface area contributed by atoms with Crippen molar-refractivity contribution in [3.8, 4) is 5.75 Å². The summed E-state index contributed by atoms with van der Waals surface area (Å²) >= 11 is 0. The molecule has 0 aromatic heterocycles. The van der Waals surface area contributed by atoms with E-state index in [2.05, 4.69) is 5.32 Å². The van der Waals surface area contributed by atoms with E-state index in [-0.39, 0.29) is 37.0 Å². The van der Waals surface area contributed by atoms with Crippen LogP contribution in [-0.2, 0) is 22.1 Å². The molecule has 28 heavy (non-hydrogen) atoms. The van der Waals surface area contributed by atoms with Crippen LogP contribution in [0.4, 0.5) is 18.9 Å². The highest BCUT2D eigenvalue weighted by Crippen LogP contribution is 2.35. The van der Waals surface area contributed by atoms with Gasteiger partial charge in [0.1, 0.15) is 12.4 Å². The van der Waals surface area contributed by atoms with Crippen LogP contribution in [0, 0.1) is 13.8 Å². The molecule has 0 saturated carbocycles. The van der Waals surface area contributed by atoms with Gasteiger partial charge >= 0.3 is 6.18 Å². The number of hydrogen-bond donors (Lipinski definition) is 1. The molecule has 0 bridgehead atoms. The Hall–Kier alpha value is -2.54. The minimum atomic E-state index is -4.51. The van der Waals surface area contributed by atoms with E-state index in [0.29, 0.717) is 6.42 Å². The van der Waals surface area contributed by atoms with Crippen molar-refractivity contribution < 1.29 is 27.4 Å². The van der Waals surface area contributed by atoms with Crippen molar-refractivity contribution in [2.24, 2.45) is 0 Å². The van der Waals surface area contributed by atoms with Crippen LogP contribution in [0.1, 0.15) is 28.7 Å². The van der Waals surface area contributed by atoms with Crippen LogP contribution in [0.2, 0.25) is 0 Å². The maximum absolute atomic E-state index is 13.0. The molecule has 2 aromatic rings. The average Bonchev–Trinajstić information content (AvgIpc) is 2.61. The van der Waals surface area contributed by atoms with Crippen molar-refractivity contribution in [3.05, 3.63) is 58.7 Å². The number of carbonyl (C=O) groups excluding carboxylic acids is 1. The fraction of sp³-hybridized carbons (Fsp3) is 0.381. The van der Waals surface area contributed by atoms with Crippen LogP contribution >= 0.6 is 0 Å². The summed E-state index contributed by atoms with van der Waals surface area (Å²) in [6, 6.07) is 8.97. The largest absolute Gasteiger partial charge is 0.489 e. The van der Waals surface area contributed by atoms with E-state index in [1.807, 2.05) is 32.0 Å². The number of alkyl halides is 3. The number of benzene rings is 2. The molecule has 0 atom stereocenters. The average molecular weight is 395 g/mol. The molecular formula is C21H24F3NO3. The highest BCUT2D eigenvalue weighted by Gasteiger charge is 2.31. The van der Waals surface area contributed by atoms with Gasteiger partial charge < -0.3 is 14.8 Å². The zero-order chi connectivity index (χ0) is 20.7. The lowest BCUT2D eigenvalue weighted by molar-refractivity contribution is -0.137. The van der Waals surface area contributed by atoms with Gasteiger partial charge in [0, 0.05) is 13.5 Å². The summed E-state index contributed by atoms with van der Waals surface area (Å²) in [4.78, 5) is 12.3. The highest BCUT2D eigenvalue weighted by molar-refractivity contribution is 5.92. The van der Waals surface area contributed by atoms with Crippen molar-refractivity contribution in [3.63, 3.8) is 0 Å². The van der Waals surface area contributed by atoms with Gasteiger partial charge in [-0.05, 0) is 49.6 Å². The van der Waals surface area contributed by atoms with Crippen molar-refractivity contribution in [2.45, 2.75) is 32.9 Å². The molecule has 2 aromatic carbocycles. The van der Waals surface area contributed by atoms with Crippen molar-refractivity contribution >= 4 is 11.6 Å². The molecular weight excluding hydrogens is 371 g/mol. The number of halogens is 3. The van der Waals surface area contributed by atoms with Crippen LogP contribution < -0.4 is 10.1 Å². The zero-order valence-corrected chi connectivity index (χ0v) is 16.2. The lowest BCUT2D eigenvalue weighted by Crippen LogP contribution is -2.16. The molecule has 1 amide bonds. The molecule has 2 rings (SSSR count). The maximum atomic E-state index is 13.0. The monoisotopic (exact) mass is 395 g/mol. The van der Waals surface area contributed by atoms with Gasteiger partial charge in [0.05, 0.1) is 17.9 Å². The third-order valence-electron chi connectivity index (χ3n) is 4.25. The van der Waals surface area contributed by atoms with E-state index in [9.17, 15) is 18.0 Å². The summed E-state index contributed by atoms with van der Waals surface area (Å²) in [6.07, 6.45) is -3.86. The van der Waals surface area contributed by atoms with E-state index in [1.54, 1.807) is 0 Å². The number of ether oxygens (including phenoxy) is 2. The Labute approximate surface area is 162 Å². The number of amides is 1. The Balaban J connectivity index is 2.11. The van der Waals surface area contributed by atoms with Gasteiger partial charge in [-0.15, -0.1) is 0 Å². The van der Waals surface area contributed by atoms with Crippen LogP contribution in [0.15, 0.2) is 36.4 Å². The Morgan fingerprint density at radius 2 is 1.82 bits per heavy atom. The summed E-state index contributed by atoms with van der Waals surface area (Å²) < 4.78 is 49.4. The molecule has 0 aliphatic rings. The predicted molar refractivity (Wildman–Crippen MR) is 102 cm³/mol. The lowest BCUT2D eigenvalue weighted by atomic mass is 10.0. The molecule has 0 saturated heterocycles. The molecule has 0 aliphatic carbocycles. The topological polar surface area (TPSA) is 47.6 Å². The number of aryl methyl sites for hydroxylation is 3. The van der Waals surface area contributed by atoms with Gasteiger partial charge in [-0.3, -0.25) is 4.79 Å². The quantitative estimate of drug-likeness (QED) is 0.646. The molecule has 7 heteroatoms. The molecule has 0 radical (unpaired) electrons. The molecule has 152 valence electrons.